The normalized spacial score (nSPS) is 12.6. The molecule has 0 spiro atoms. The number of hydrogen-bond acceptors (Lipinski definition) is 13. The molecule has 14 nitrogen and oxygen atoms in total. The van der Waals surface area contributed by atoms with Crippen LogP contribution in [0.5, 0.6) is 11.5 Å². The van der Waals surface area contributed by atoms with Crippen LogP contribution in [-0.4, -0.2) is 85.7 Å². The molecule has 5 aromatic carbocycles. The molecule has 4 aromatic heterocycles. The average molecular weight is 1110 g/mol. The maximum absolute atomic E-state index is 12.5. The SMILES string of the molecule is CC(=O)N1CCOc2ccc(-c3nc(N(CSc4ccc(C)cc4)CSc4ccc(C)cc4)[nH]c3-c3ccnc(C)c3)cc21.CC(=O)N1CCOc2ccc(-c3nc(NCSc4ccc(C)cc4)[nH]c3-c3ccnc(C)c3)cc21. The van der Waals surface area contributed by atoms with Crippen molar-refractivity contribution in [1.82, 2.24) is 29.9 Å². The summed E-state index contributed by atoms with van der Waals surface area (Å²) in [4.78, 5) is 60.1. The quantitative estimate of drug-likeness (QED) is 0.0659. The molecule has 0 saturated heterocycles. The van der Waals surface area contributed by atoms with Crippen molar-refractivity contribution in [1.29, 1.82) is 0 Å². The van der Waals surface area contributed by atoms with Gasteiger partial charge in [0.25, 0.3) is 0 Å². The molecule has 402 valence electrons. The molecule has 9 aromatic rings. The van der Waals surface area contributed by atoms with Gasteiger partial charge in [-0.15, -0.1) is 35.3 Å². The van der Waals surface area contributed by atoms with Gasteiger partial charge in [0.15, 0.2) is 0 Å². The van der Waals surface area contributed by atoms with Crippen molar-refractivity contribution in [2.75, 3.05) is 64.0 Å². The van der Waals surface area contributed by atoms with E-state index in [0.717, 1.165) is 73.7 Å². The molecule has 3 N–H and O–H groups in total. The zero-order valence-corrected chi connectivity index (χ0v) is 47.7. The summed E-state index contributed by atoms with van der Waals surface area (Å²) >= 11 is 5.28. The Balaban J connectivity index is 0.000000183. The number of fused-ring (bicyclic) bond motifs is 2. The third kappa shape index (κ3) is 13.3. The van der Waals surface area contributed by atoms with E-state index in [2.05, 4.69) is 130 Å². The van der Waals surface area contributed by atoms with E-state index in [1.54, 1.807) is 65.1 Å². The zero-order valence-electron chi connectivity index (χ0n) is 45.3. The van der Waals surface area contributed by atoms with Crippen LogP contribution in [0.1, 0.15) is 41.9 Å². The number of pyridine rings is 2. The number of benzene rings is 5. The van der Waals surface area contributed by atoms with Crippen molar-refractivity contribution in [2.45, 2.75) is 63.2 Å². The molecule has 0 unspecified atom stereocenters. The molecular formula is C62H62N10O4S3. The first-order valence-electron chi connectivity index (χ1n) is 26.1. The fourth-order valence-electron chi connectivity index (χ4n) is 9.15. The van der Waals surface area contributed by atoms with Crippen molar-refractivity contribution in [3.63, 3.8) is 0 Å². The van der Waals surface area contributed by atoms with Gasteiger partial charge in [0.1, 0.15) is 24.7 Å². The summed E-state index contributed by atoms with van der Waals surface area (Å²) in [7, 11) is 0. The highest BCUT2D eigenvalue weighted by Gasteiger charge is 2.26. The molecule has 2 aliphatic heterocycles. The highest BCUT2D eigenvalue weighted by molar-refractivity contribution is 8.00. The molecule has 0 fully saturated rings. The van der Waals surface area contributed by atoms with Gasteiger partial charge in [-0.25, -0.2) is 9.97 Å². The molecule has 2 aliphatic rings. The molecule has 0 atom stereocenters. The first kappa shape index (κ1) is 54.4. The number of amides is 2. The molecular weight excluding hydrogens is 1040 g/mol. The molecule has 11 rings (SSSR count). The Labute approximate surface area is 474 Å². The number of aromatic nitrogens is 6. The monoisotopic (exact) mass is 1110 g/mol. The summed E-state index contributed by atoms with van der Waals surface area (Å²) in [5, 5.41) is 3.40. The van der Waals surface area contributed by atoms with Crippen LogP contribution in [0.25, 0.3) is 45.0 Å². The fourth-order valence-corrected chi connectivity index (χ4v) is 11.7. The maximum Gasteiger partial charge on any atom is 0.224 e. The molecule has 0 radical (unpaired) electrons. The minimum Gasteiger partial charge on any atom is -0.490 e. The number of thioether (sulfide) groups is 3. The fraction of sp³-hybridized carbons (Fsp3) is 0.226. The van der Waals surface area contributed by atoms with Crippen LogP contribution in [0, 0.1) is 34.6 Å². The summed E-state index contributed by atoms with van der Waals surface area (Å²) < 4.78 is 11.7. The molecule has 0 aliphatic carbocycles. The van der Waals surface area contributed by atoms with E-state index in [-0.39, 0.29) is 11.8 Å². The Morgan fingerprint density at radius 3 is 1.44 bits per heavy atom. The number of imidazole rings is 2. The van der Waals surface area contributed by atoms with E-state index < -0.39 is 0 Å². The standard InChI is InChI=1S/C35H35N5O2S2.C27H27N5O2S/c1-23-5-10-29(11-6-23)43-21-39(22-44-30-12-7-24(2)8-13-30)35-37-33(34(38-35)28-15-16-36-25(3)19-28)27-9-14-32-31(20-27)40(26(4)41)17-18-42-32;1-17-4-7-22(8-5-17)35-16-29-27-30-25(26(31-27)21-10-11-28-18(2)14-21)20-6-9-24-23(15-20)32(19(3)33)12-13-34-24/h5-16,19-20H,17-18,21-22H2,1-4H3,(H,37,38);4-11,14-15H,12-13,16H2,1-3H3,(H2,29,30,31). The van der Waals surface area contributed by atoms with Gasteiger partial charge >= 0.3 is 0 Å². The number of nitrogens with one attached hydrogen (secondary N) is 3. The Kier molecular flexibility index (Phi) is 17.0. The highest BCUT2D eigenvalue weighted by Crippen LogP contribution is 2.42. The van der Waals surface area contributed by atoms with Gasteiger partial charge < -0.3 is 39.5 Å². The van der Waals surface area contributed by atoms with Crippen molar-refractivity contribution in [3.8, 4) is 56.5 Å². The summed E-state index contributed by atoms with van der Waals surface area (Å²) in [6.07, 6.45) is 3.62. The van der Waals surface area contributed by atoms with Crippen LogP contribution in [0.4, 0.5) is 23.3 Å². The van der Waals surface area contributed by atoms with E-state index in [0.29, 0.717) is 61.4 Å². The summed E-state index contributed by atoms with van der Waals surface area (Å²) in [5.74, 6) is 4.95. The van der Waals surface area contributed by atoms with Gasteiger partial charge in [-0.2, -0.15) is 0 Å². The van der Waals surface area contributed by atoms with E-state index in [9.17, 15) is 9.59 Å². The maximum atomic E-state index is 12.5. The number of H-pyrrole nitrogens is 2. The summed E-state index contributed by atoms with van der Waals surface area (Å²) in [6, 6.07) is 45.6. The number of anilines is 4. The topological polar surface area (TPSA) is 157 Å². The molecule has 17 heteroatoms. The van der Waals surface area contributed by atoms with Gasteiger partial charge in [0.2, 0.25) is 23.7 Å². The lowest BCUT2D eigenvalue weighted by Gasteiger charge is -2.29. The predicted octanol–water partition coefficient (Wildman–Crippen LogP) is 13.8. The van der Waals surface area contributed by atoms with Gasteiger partial charge in [-0.05, 0) is 132 Å². The van der Waals surface area contributed by atoms with Crippen molar-refractivity contribution >= 4 is 70.4 Å². The Bertz CT molecular complexity index is 3560. The third-order valence-electron chi connectivity index (χ3n) is 13.3. The van der Waals surface area contributed by atoms with E-state index in [1.165, 1.54) is 31.4 Å². The minimum atomic E-state index is -0.00756. The predicted molar refractivity (Wildman–Crippen MR) is 323 cm³/mol. The molecule has 2 amide bonds. The van der Waals surface area contributed by atoms with Crippen molar-refractivity contribution in [3.05, 3.63) is 174 Å². The smallest absolute Gasteiger partial charge is 0.224 e. The number of carbonyl (C=O) groups excluding carboxylic acids is 2. The number of ether oxygens (including phenoxy) is 2. The second-order valence-corrected chi connectivity index (χ2v) is 22.4. The van der Waals surface area contributed by atoms with E-state index in [1.807, 2.05) is 74.6 Å². The molecule has 79 heavy (non-hydrogen) atoms. The number of carbonyl (C=O) groups is 2. The van der Waals surface area contributed by atoms with Crippen molar-refractivity contribution in [2.24, 2.45) is 0 Å². The van der Waals surface area contributed by atoms with E-state index >= 15 is 0 Å². The number of rotatable bonds is 15. The lowest BCUT2D eigenvalue weighted by Crippen LogP contribution is -2.36. The van der Waals surface area contributed by atoms with Gasteiger partial charge in [-0.3, -0.25) is 19.6 Å². The average Bonchev–Trinajstić information content (AvgIpc) is 4.20. The minimum absolute atomic E-state index is 0.00537. The van der Waals surface area contributed by atoms with Crippen LogP contribution in [-0.2, 0) is 9.59 Å². The Hall–Kier alpha value is -7.99. The molecule has 0 saturated carbocycles. The number of hydrogen-bond donors (Lipinski definition) is 3. The molecule has 0 bridgehead atoms. The number of nitrogens with zero attached hydrogens (tertiary/aromatic N) is 7. The van der Waals surface area contributed by atoms with Crippen LogP contribution in [0.15, 0.2) is 161 Å². The van der Waals surface area contributed by atoms with Gasteiger partial charge in [-0.1, -0.05) is 53.1 Å². The second kappa shape index (κ2) is 24.8. The first-order valence-corrected chi connectivity index (χ1v) is 29.0. The van der Waals surface area contributed by atoms with Crippen LogP contribution in [0.2, 0.25) is 0 Å². The summed E-state index contributed by atoms with van der Waals surface area (Å²) in [5.41, 5.74) is 14.3. The zero-order chi connectivity index (χ0) is 55.0. The lowest BCUT2D eigenvalue weighted by atomic mass is 10.0. The highest BCUT2D eigenvalue weighted by atomic mass is 32.2. The van der Waals surface area contributed by atoms with Crippen LogP contribution < -0.4 is 29.5 Å². The van der Waals surface area contributed by atoms with Gasteiger partial charge in [0, 0.05) is 74.6 Å². The Morgan fingerprint density at radius 1 is 0.544 bits per heavy atom. The molecule has 6 heterocycles. The second-order valence-electron chi connectivity index (χ2n) is 19.4. The number of aryl methyl sites for hydroxylation is 5. The largest absolute Gasteiger partial charge is 0.490 e. The Morgan fingerprint density at radius 2 is 0.987 bits per heavy atom. The van der Waals surface area contributed by atoms with Crippen molar-refractivity contribution < 1.29 is 19.1 Å². The van der Waals surface area contributed by atoms with Crippen LogP contribution >= 0.6 is 35.3 Å². The third-order valence-corrected chi connectivity index (χ3v) is 16.3. The number of aromatic amines is 2. The van der Waals surface area contributed by atoms with Crippen LogP contribution in [0.3, 0.4) is 0 Å². The first-order chi connectivity index (χ1) is 38.3. The van der Waals surface area contributed by atoms with Gasteiger partial charge in [0.05, 0.1) is 64.9 Å². The van der Waals surface area contributed by atoms with E-state index in [4.69, 9.17) is 19.4 Å². The lowest BCUT2D eigenvalue weighted by molar-refractivity contribution is -0.117. The summed E-state index contributed by atoms with van der Waals surface area (Å²) in [6.45, 7) is 15.4.